The summed E-state index contributed by atoms with van der Waals surface area (Å²) in [6, 6.07) is -0.861. The number of hydrogen-bond donors (Lipinski definition) is 2. The van der Waals surface area contributed by atoms with Gasteiger partial charge in [-0.15, -0.1) is 0 Å². The summed E-state index contributed by atoms with van der Waals surface area (Å²) in [4.78, 5) is 37.9. The second-order valence-electron chi connectivity index (χ2n) is 25.0. The first kappa shape index (κ1) is 82.7. The largest absolute Gasteiger partial charge is 0.472 e. The van der Waals surface area contributed by atoms with Crippen molar-refractivity contribution in [3.05, 3.63) is 109 Å². The fraction of sp³-hybridized carbons (Fsp3) is 0.737. The molecule has 0 rings (SSSR count). The third-order valence-electron chi connectivity index (χ3n) is 15.4. The molecule has 0 aromatic carbocycles. The van der Waals surface area contributed by atoms with Crippen molar-refractivity contribution in [2.24, 2.45) is 0 Å². The van der Waals surface area contributed by atoms with Crippen LogP contribution in [0.5, 0.6) is 0 Å². The number of quaternary nitrogens is 1. The van der Waals surface area contributed by atoms with E-state index in [9.17, 15) is 19.0 Å². The summed E-state index contributed by atoms with van der Waals surface area (Å²) in [5, 5.41) is 3.07. The summed E-state index contributed by atoms with van der Waals surface area (Å²) >= 11 is 0. The van der Waals surface area contributed by atoms with Gasteiger partial charge in [-0.2, -0.15) is 0 Å². The summed E-state index contributed by atoms with van der Waals surface area (Å²) in [6.45, 7) is 6.88. The first-order valence-corrected chi connectivity index (χ1v) is 37.2. The summed E-state index contributed by atoms with van der Waals surface area (Å²) in [7, 11) is 1.48. The number of rotatable bonds is 64. The third-order valence-corrected chi connectivity index (χ3v) is 16.4. The SMILES string of the molecule is CC/C=C\C/C=C\C/C=C\C/C=C\C/C=C\CCCCCCCCCCCCCC(=O)NC(COP(=O)(O)OCC[N+](C)(C)C)C(/C=C\CCCCCCCCCCCC)OC(=O)CCCCCCCCCC/C=C\C/C=C\C/C=C\CCCCC. The van der Waals surface area contributed by atoms with Crippen molar-refractivity contribution in [3.8, 4) is 0 Å². The zero-order valence-corrected chi connectivity index (χ0v) is 57.7. The van der Waals surface area contributed by atoms with Gasteiger partial charge >= 0.3 is 13.8 Å². The fourth-order valence-corrected chi connectivity index (χ4v) is 10.7. The van der Waals surface area contributed by atoms with Crippen molar-refractivity contribution >= 4 is 19.7 Å². The highest BCUT2D eigenvalue weighted by Crippen LogP contribution is 2.43. The molecule has 1 amide bonds. The molecule has 2 N–H and O–H groups in total. The van der Waals surface area contributed by atoms with Crippen LogP contribution < -0.4 is 5.32 Å². The smallest absolute Gasteiger partial charge is 0.456 e. The maximum atomic E-state index is 13.6. The molecule has 3 unspecified atom stereocenters. The number of carbonyl (C=O) groups excluding carboxylic acids is 2. The van der Waals surface area contributed by atoms with Crippen LogP contribution in [0.3, 0.4) is 0 Å². The number of phosphoric acid groups is 1. The van der Waals surface area contributed by atoms with Gasteiger partial charge in [0.15, 0.2) is 0 Å². The molecule has 0 aliphatic carbocycles. The van der Waals surface area contributed by atoms with Gasteiger partial charge in [0, 0.05) is 12.8 Å². The Morgan fingerprint density at radius 3 is 1.14 bits per heavy atom. The van der Waals surface area contributed by atoms with E-state index in [0.717, 1.165) is 116 Å². The summed E-state index contributed by atoms with van der Waals surface area (Å²) in [5.74, 6) is -0.515. The first-order chi connectivity index (χ1) is 41.9. The topological polar surface area (TPSA) is 111 Å². The Morgan fingerprint density at radius 2 is 0.744 bits per heavy atom. The second-order valence-corrected chi connectivity index (χ2v) is 26.5. The standard InChI is InChI=1S/C76H135N2O7P/c1-7-10-13-16-19-22-25-28-30-32-34-36-37-38-39-40-41-43-44-46-48-50-53-56-59-62-65-68-75(79)77-73(72-84-86(81,82)83-71-70-78(4,5)6)74(67-64-61-58-55-52-27-24-21-18-15-12-9-3)85-76(80)69-66-63-60-57-54-51-49-47-45-42-35-33-31-29-26-23-20-17-14-11-8-2/h10,13,19-20,22-23,28-31,34-36,38-39,42,64,67,73-74H,7-9,11-12,14-18,21,24-27,32-33,37,40-41,43-63,65-66,68-72H2,1-6H3,(H-,77,79,81,82)/p+1/b13-10-,22-19-,23-20-,30-28-,31-29-,36-34-,39-38-,42-35-,67-64-. The molecular formula is C76H136N2O7P+. The molecule has 0 heterocycles. The molecule has 0 aliphatic rings. The van der Waals surface area contributed by atoms with Crippen LogP contribution in [0.1, 0.15) is 310 Å². The normalized spacial score (nSPS) is 14.2. The average Bonchev–Trinajstić information content (AvgIpc) is 3.67. The van der Waals surface area contributed by atoms with Crippen molar-refractivity contribution in [1.29, 1.82) is 0 Å². The number of esters is 1. The highest BCUT2D eigenvalue weighted by molar-refractivity contribution is 7.47. The molecule has 0 spiro atoms. The van der Waals surface area contributed by atoms with Gasteiger partial charge in [-0.3, -0.25) is 18.6 Å². The second kappa shape index (κ2) is 64.6. The maximum Gasteiger partial charge on any atom is 0.472 e. The number of nitrogens with one attached hydrogen (secondary N) is 1. The number of likely N-dealkylation sites (N-methyl/N-ethyl adjacent to an activating group) is 1. The van der Waals surface area contributed by atoms with Crippen molar-refractivity contribution in [3.63, 3.8) is 0 Å². The Labute approximate surface area is 531 Å². The average molecular weight is 1220 g/mol. The minimum atomic E-state index is -4.46. The lowest BCUT2D eigenvalue weighted by Crippen LogP contribution is -2.47. The molecule has 3 atom stereocenters. The van der Waals surface area contributed by atoms with Gasteiger partial charge in [0.1, 0.15) is 19.3 Å². The van der Waals surface area contributed by atoms with E-state index in [2.05, 4.69) is 123 Å². The molecule has 0 aliphatic heterocycles. The van der Waals surface area contributed by atoms with Gasteiger partial charge in [0.2, 0.25) is 5.91 Å². The molecule has 0 aromatic heterocycles. The van der Waals surface area contributed by atoms with Crippen LogP contribution in [0.25, 0.3) is 0 Å². The molecule has 0 aromatic rings. The monoisotopic (exact) mass is 1220 g/mol. The summed E-state index contributed by atoms with van der Waals surface area (Å²) in [5.41, 5.74) is 0. The highest BCUT2D eigenvalue weighted by atomic mass is 31.2. The molecule has 10 heteroatoms. The number of ether oxygens (including phenoxy) is 1. The number of amides is 1. The van der Waals surface area contributed by atoms with Gasteiger partial charge in [0.05, 0.1) is 33.8 Å². The third kappa shape index (κ3) is 65.1. The summed E-state index contributed by atoms with van der Waals surface area (Å²) < 4.78 is 30.8. The van der Waals surface area contributed by atoms with Crippen LogP contribution in [0.15, 0.2) is 109 Å². The molecule has 496 valence electrons. The van der Waals surface area contributed by atoms with E-state index < -0.39 is 20.0 Å². The number of carbonyl (C=O) groups is 2. The van der Waals surface area contributed by atoms with Gasteiger partial charge in [0.25, 0.3) is 0 Å². The molecule has 86 heavy (non-hydrogen) atoms. The number of unbranched alkanes of at least 4 members (excludes halogenated alkanes) is 32. The zero-order valence-electron chi connectivity index (χ0n) is 56.8. The number of hydrogen-bond acceptors (Lipinski definition) is 6. The van der Waals surface area contributed by atoms with Gasteiger partial charge in [-0.05, 0) is 115 Å². The lowest BCUT2D eigenvalue weighted by molar-refractivity contribution is -0.870. The van der Waals surface area contributed by atoms with Crippen molar-refractivity contribution in [2.75, 3.05) is 40.9 Å². The zero-order chi connectivity index (χ0) is 62.8. The number of phosphoric ester groups is 1. The van der Waals surface area contributed by atoms with Crippen LogP contribution in [-0.2, 0) is 27.9 Å². The van der Waals surface area contributed by atoms with Crippen molar-refractivity contribution < 1.29 is 37.3 Å². The van der Waals surface area contributed by atoms with Gasteiger partial charge < -0.3 is 19.4 Å². The lowest BCUT2D eigenvalue weighted by atomic mass is 10.0. The number of nitrogens with zero attached hydrogens (tertiary/aromatic N) is 1. The van der Waals surface area contributed by atoms with Crippen LogP contribution >= 0.6 is 7.82 Å². The number of allylic oxidation sites excluding steroid dienone is 17. The minimum absolute atomic E-state index is 0.0340. The van der Waals surface area contributed by atoms with Crippen LogP contribution in [-0.4, -0.2) is 74.3 Å². The minimum Gasteiger partial charge on any atom is -0.456 e. The maximum absolute atomic E-state index is 13.6. The Kier molecular flexibility index (Phi) is 62.1. The van der Waals surface area contributed by atoms with Gasteiger partial charge in [-0.25, -0.2) is 4.57 Å². The molecule has 0 bridgehead atoms. The predicted octanol–water partition coefficient (Wildman–Crippen LogP) is 22.8. The van der Waals surface area contributed by atoms with Crippen LogP contribution in [0.4, 0.5) is 0 Å². The first-order valence-electron chi connectivity index (χ1n) is 35.7. The molecule has 9 nitrogen and oxygen atoms in total. The Balaban J connectivity index is 5.08. The molecule has 0 fully saturated rings. The van der Waals surface area contributed by atoms with Crippen LogP contribution in [0, 0.1) is 0 Å². The predicted molar refractivity (Wildman–Crippen MR) is 373 cm³/mol. The Bertz CT molecular complexity index is 1840. The van der Waals surface area contributed by atoms with E-state index in [1.165, 1.54) is 161 Å². The highest BCUT2D eigenvalue weighted by Gasteiger charge is 2.30. The van der Waals surface area contributed by atoms with E-state index >= 15 is 0 Å². The molecule has 0 radical (unpaired) electrons. The summed E-state index contributed by atoms with van der Waals surface area (Å²) in [6.07, 6.45) is 89.5. The van der Waals surface area contributed by atoms with E-state index in [-0.39, 0.29) is 31.5 Å². The van der Waals surface area contributed by atoms with E-state index in [4.69, 9.17) is 13.8 Å². The quantitative estimate of drug-likeness (QED) is 0.0205. The Morgan fingerprint density at radius 1 is 0.419 bits per heavy atom. The van der Waals surface area contributed by atoms with Crippen LogP contribution in [0.2, 0.25) is 0 Å². The van der Waals surface area contributed by atoms with E-state index in [0.29, 0.717) is 17.4 Å². The molecule has 0 saturated carbocycles. The van der Waals surface area contributed by atoms with Gasteiger partial charge in [-0.1, -0.05) is 291 Å². The lowest BCUT2D eigenvalue weighted by Gasteiger charge is -2.27. The van der Waals surface area contributed by atoms with E-state index in [1.807, 2.05) is 33.3 Å². The fourth-order valence-electron chi connectivity index (χ4n) is 9.98. The molecular weight excluding hydrogens is 1080 g/mol. The Hall–Kier alpha value is -3.33. The molecule has 0 saturated heterocycles. The van der Waals surface area contributed by atoms with Crippen molar-refractivity contribution in [2.45, 2.75) is 322 Å². The van der Waals surface area contributed by atoms with Crippen molar-refractivity contribution in [1.82, 2.24) is 5.32 Å². The van der Waals surface area contributed by atoms with E-state index in [1.54, 1.807) is 0 Å².